The van der Waals surface area contributed by atoms with E-state index in [0.29, 0.717) is 45.5 Å². The number of esters is 1. The molecule has 0 unspecified atom stereocenters. The summed E-state index contributed by atoms with van der Waals surface area (Å²) in [4.78, 5) is 44.7. The van der Waals surface area contributed by atoms with Gasteiger partial charge in [-0.2, -0.15) is 13.2 Å². The first-order valence-corrected chi connectivity index (χ1v) is 15.2. The molecule has 0 spiro atoms. The minimum atomic E-state index is -4.75. The summed E-state index contributed by atoms with van der Waals surface area (Å²) in [5.41, 5.74) is 0.464. The van der Waals surface area contributed by atoms with E-state index in [1.54, 1.807) is 36.7 Å². The zero-order valence-electron chi connectivity index (χ0n) is 26.8. The summed E-state index contributed by atoms with van der Waals surface area (Å²) in [6.07, 6.45) is -2.03. The van der Waals surface area contributed by atoms with E-state index in [1.807, 2.05) is 0 Å². The van der Waals surface area contributed by atoms with E-state index in [2.05, 4.69) is 10.3 Å². The van der Waals surface area contributed by atoms with Gasteiger partial charge in [-0.1, -0.05) is 0 Å². The smallest absolute Gasteiger partial charge is 0.411 e. The number of aromatic nitrogens is 3. The lowest BCUT2D eigenvalue weighted by atomic mass is 9.98. The number of aryl methyl sites for hydroxylation is 2. The molecule has 4 heterocycles. The standard InChI is InChI=1S/C34H29F6N5O5/c1-17-22-12-18(35)4-7-26(22)43(2)32(47)28(17)21-6-5-19(45-9-8-41-30(21)45)15-25(33(48)49-3)42-31(46)29-23(36)13-20(14-24(29)37)44-10-11-50-16-27(44)34(38,39)40/h4-9,12-14,25,27H,10-11,15-16H2,1-3H3,(H,42,46)/t25-,27+/m0/s1. The van der Waals surface area contributed by atoms with Crippen molar-refractivity contribution < 1.29 is 45.4 Å². The number of ether oxygens (including phenoxy) is 2. The van der Waals surface area contributed by atoms with Crippen LogP contribution in [0.5, 0.6) is 0 Å². The van der Waals surface area contributed by atoms with Crippen LogP contribution in [0.15, 0.2) is 59.7 Å². The highest BCUT2D eigenvalue weighted by Gasteiger charge is 2.46. The van der Waals surface area contributed by atoms with E-state index in [-0.39, 0.29) is 30.7 Å². The number of nitrogens with one attached hydrogen (secondary N) is 1. The predicted octanol–water partition coefficient (Wildman–Crippen LogP) is 4.86. The monoisotopic (exact) mass is 701 g/mol. The van der Waals surface area contributed by atoms with Gasteiger partial charge >= 0.3 is 12.1 Å². The molecule has 50 heavy (non-hydrogen) atoms. The SMILES string of the molecule is COC(=O)[C@H](Cc1ccc(-c2c(C)c3cc(F)ccc3n(C)c2=O)c2nccn12)NC(=O)c1c(F)cc(N2CCOC[C@@H]2C(F)(F)F)cc1F. The molecule has 0 radical (unpaired) electrons. The predicted molar refractivity (Wildman–Crippen MR) is 169 cm³/mol. The van der Waals surface area contributed by atoms with Crippen LogP contribution in [0.25, 0.3) is 27.7 Å². The van der Waals surface area contributed by atoms with Crippen LogP contribution < -0.4 is 15.8 Å². The summed E-state index contributed by atoms with van der Waals surface area (Å²) >= 11 is 0. The van der Waals surface area contributed by atoms with Crippen molar-refractivity contribution in [3.63, 3.8) is 0 Å². The van der Waals surface area contributed by atoms with Gasteiger partial charge in [0, 0.05) is 54.7 Å². The zero-order chi connectivity index (χ0) is 36.1. The normalized spacial score (nSPS) is 15.8. The lowest BCUT2D eigenvalue weighted by Gasteiger charge is -2.38. The molecular formula is C34H29F6N5O5. The molecule has 2 aromatic carbocycles. The number of methoxy groups -OCH3 is 1. The highest BCUT2D eigenvalue weighted by Crippen LogP contribution is 2.33. The molecule has 6 rings (SSSR count). The maximum absolute atomic E-state index is 15.3. The average molecular weight is 702 g/mol. The number of fused-ring (bicyclic) bond motifs is 2. The number of halogens is 6. The molecular weight excluding hydrogens is 672 g/mol. The third-order valence-corrected chi connectivity index (χ3v) is 8.82. The first-order chi connectivity index (χ1) is 23.7. The summed E-state index contributed by atoms with van der Waals surface area (Å²) in [5, 5.41) is 2.79. The quantitative estimate of drug-likeness (QED) is 0.191. The van der Waals surface area contributed by atoms with Crippen molar-refractivity contribution in [1.82, 2.24) is 19.3 Å². The minimum absolute atomic E-state index is 0.109. The van der Waals surface area contributed by atoms with Gasteiger partial charge in [-0.25, -0.2) is 22.9 Å². The molecule has 1 aliphatic rings. The number of morpholine rings is 1. The van der Waals surface area contributed by atoms with Gasteiger partial charge in [0.1, 0.15) is 40.7 Å². The second-order valence-corrected chi connectivity index (χ2v) is 11.7. The van der Waals surface area contributed by atoms with Gasteiger partial charge in [0.25, 0.3) is 11.5 Å². The summed E-state index contributed by atoms with van der Waals surface area (Å²) in [5.74, 6) is -5.68. The molecule has 1 fully saturated rings. The topological polar surface area (TPSA) is 107 Å². The Morgan fingerprint density at radius 3 is 2.50 bits per heavy atom. The van der Waals surface area contributed by atoms with Crippen LogP contribution >= 0.6 is 0 Å². The molecule has 0 aliphatic carbocycles. The highest BCUT2D eigenvalue weighted by atomic mass is 19.4. The molecule has 10 nitrogen and oxygen atoms in total. The maximum Gasteiger partial charge on any atom is 0.411 e. The highest BCUT2D eigenvalue weighted by molar-refractivity contribution is 5.98. The molecule has 16 heteroatoms. The number of amides is 1. The number of carbonyl (C=O) groups excluding carboxylic acids is 2. The van der Waals surface area contributed by atoms with Gasteiger partial charge in [-0.3, -0.25) is 9.59 Å². The van der Waals surface area contributed by atoms with Crippen LogP contribution in [0.3, 0.4) is 0 Å². The van der Waals surface area contributed by atoms with E-state index < -0.39 is 65.4 Å². The van der Waals surface area contributed by atoms with Gasteiger partial charge in [-0.05, 0) is 55.0 Å². The van der Waals surface area contributed by atoms with Crippen LogP contribution in [0.4, 0.5) is 32.0 Å². The Kier molecular flexibility index (Phi) is 9.07. The number of alkyl halides is 3. The van der Waals surface area contributed by atoms with Gasteiger partial charge < -0.3 is 28.7 Å². The van der Waals surface area contributed by atoms with Gasteiger partial charge in [0.2, 0.25) is 0 Å². The van der Waals surface area contributed by atoms with Crippen LogP contribution in [0, 0.1) is 24.4 Å². The molecule has 1 N–H and O–H groups in total. The van der Waals surface area contributed by atoms with Crippen LogP contribution in [0.2, 0.25) is 0 Å². The lowest BCUT2D eigenvalue weighted by Crippen LogP contribution is -2.53. The van der Waals surface area contributed by atoms with Gasteiger partial charge in [0.15, 0.2) is 0 Å². The summed E-state index contributed by atoms with van der Waals surface area (Å²) in [6, 6.07) is 4.85. The van der Waals surface area contributed by atoms with E-state index >= 15 is 8.78 Å². The largest absolute Gasteiger partial charge is 0.467 e. The maximum atomic E-state index is 15.3. The first kappa shape index (κ1) is 34.5. The van der Waals surface area contributed by atoms with Crippen molar-refractivity contribution in [2.24, 2.45) is 7.05 Å². The molecule has 262 valence electrons. The molecule has 5 aromatic rings. The Morgan fingerprint density at radius 2 is 1.82 bits per heavy atom. The fourth-order valence-corrected chi connectivity index (χ4v) is 6.32. The van der Waals surface area contributed by atoms with Crippen molar-refractivity contribution >= 4 is 34.1 Å². The van der Waals surface area contributed by atoms with E-state index in [4.69, 9.17) is 9.47 Å². The molecule has 1 aliphatic heterocycles. The van der Waals surface area contributed by atoms with Crippen molar-refractivity contribution in [2.45, 2.75) is 31.6 Å². The summed E-state index contributed by atoms with van der Waals surface area (Å²) < 4.78 is 98.1. The minimum Gasteiger partial charge on any atom is -0.467 e. The Balaban J connectivity index is 1.32. The third-order valence-electron chi connectivity index (χ3n) is 8.82. The number of rotatable bonds is 7. The lowest BCUT2D eigenvalue weighted by molar-refractivity contribution is -0.167. The average Bonchev–Trinajstić information content (AvgIpc) is 3.57. The van der Waals surface area contributed by atoms with Crippen LogP contribution in [-0.4, -0.2) is 71.0 Å². The van der Waals surface area contributed by atoms with Crippen LogP contribution in [0.1, 0.15) is 21.6 Å². The molecule has 0 saturated carbocycles. The molecule has 1 amide bonds. The molecule has 1 saturated heterocycles. The number of nitrogens with zero attached hydrogens (tertiary/aromatic N) is 4. The Bertz CT molecular complexity index is 2190. The van der Waals surface area contributed by atoms with E-state index in [1.165, 1.54) is 29.0 Å². The van der Waals surface area contributed by atoms with E-state index in [0.717, 1.165) is 12.0 Å². The molecule has 2 atom stereocenters. The molecule has 3 aromatic heterocycles. The number of hydrogen-bond acceptors (Lipinski definition) is 7. The number of carbonyl (C=O) groups is 2. The first-order valence-electron chi connectivity index (χ1n) is 15.2. The van der Waals surface area contributed by atoms with E-state index in [9.17, 15) is 31.9 Å². The number of pyridine rings is 2. The van der Waals surface area contributed by atoms with Crippen molar-refractivity contribution in [2.75, 3.05) is 31.8 Å². The fourth-order valence-electron chi connectivity index (χ4n) is 6.32. The summed E-state index contributed by atoms with van der Waals surface area (Å²) in [7, 11) is 2.61. The Morgan fingerprint density at radius 1 is 1.10 bits per heavy atom. The van der Waals surface area contributed by atoms with Crippen molar-refractivity contribution in [1.29, 1.82) is 0 Å². The van der Waals surface area contributed by atoms with Crippen LogP contribution in [-0.2, 0) is 27.7 Å². The summed E-state index contributed by atoms with van der Waals surface area (Å²) in [6.45, 7) is 0.547. The Hall–Kier alpha value is -5.38. The van der Waals surface area contributed by atoms with Gasteiger partial charge in [0.05, 0.1) is 31.4 Å². The number of benzene rings is 2. The molecule has 0 bridgehead atoms. The fraction of sp³-hybridized carbons (Fsp3) is 0.294. The third kappa shape index (κ3) is 6.14. The number of imidazole rings is 1. The zero-order valence-corrected chi connectivity index (χ0v) is 26.8. The number of hydrogen-bond donors (Lipinski definition) is 1. The second-order valence-electron chi connectivity index (χ2n) is 11.7. The van der Waals surface area contributed by atoms with Crippen molar-refractivity contribution in [3.8, 4) is 11.1 Å². The van der Waals surface area contributed by atoms with Gasteiger partial charge in [-0.15, -0.1) is 0 Å². The Labute approximate surface area is 279 Å². The van der Waals surface area contributed by atoms with Crippen molar-refractivity contribution in [3.05, 3.63) is 99.5 Å². The second kappa shape index (κ2) is 13.2. The number of anilines is 1.